The Morgan fingerprint density at radius 1 is 1.32 bits per heavy atom. The minimum atomic E-state index is -0.146. The highest BCUT2D eigenvalue weighted by atomic mass is 16.5. The number of nitrogens with one attached hydrogen (secondary N) is 2. The molecule has 0 bridgehead atoms. The van der Waals surface area contributed by atoms with E-state index in [-0.39, 0.29) is 30.0 Å². The van der Waals surface area contributed by atoms with Gasteiger partial charge in [-0.3, -0.25) is 9.59 Å². The van der Waals surface area contributed by atoms with Crippen LogP contribution in [-0.4, -0.2) is 61.6 Å². The second kappa shape index (κ2) is 7.58. The quantitative estimate of drug-likeness (QED) is 0.847. The molecule has 0 spiro atoms. The van der Waals surface area contributed by atoms with Gasteiger partial charge in [0.15, 0.2) is 0 Å². The van der Waals surface area contributed by atoms with Crippen molar-refractivity contribution in [2.24, 2.45) is 0 Å². The highest BCUT2D eigenvalue weighted by molar-refractivity contribution is 5.95. The summed E-state index contributed by atoms with van der Waals surface area (Å²) in [7, 11) is 1.68. The molecule has 0 aliphatic carbocycles. The van der Waals surface area contributed by atoms with Gasteiger partial charge in [0.2, 0.25) is 5.91 Å². The van der Waals surface area contributed by atoms with Crippen molar-refractivity contribution < 1.29 is 18.7 Å². The van der Waals surface area contributed by atoms with E-state index in [0.29, 0.717) is 24.4 Å². The molecule has 2 atom stereocenters. The number of nitrogens with zero attached hydrogens (tertiary/aromatic N) is 1. The lowest BCUT2D eigenvalue weighted by molar-refractivity contribution is -0.134. The summed E-state index contributed by atoms with van der Waals surface area (Å²) in [5.41, 5.74) is 0.594. The van der Waals surface area contributed by atoms with Crippen LogP contribution in [-0.2, 0) is 9.53 Å². The van der Waals surface area contributed by atoms with E-state index in [1.165, 1.54) is 0 Å². The largest absolute Gasteiger partial charge is 0.466 e. The molecule has 7 heteroatoms. The van der Waals surface area contributed by atoms with E-state index < -0.39 is 0 Å². The van der Waals surface area contributed by atoms with Crippen LogP contribution < -0.4 is 10.6 Å². The van der Waals surface area contributed by atoms with Crippen molar-refractivity contribution in [3.8, 4) is 0 Å². The van der Waals surface area contributed by atoms with Gasteiger partial charge < -0.3 is 24.7 Å². The molecule has 2 saturated heterocycles. The van der Waals surface area contributed by atoms with Crippen LogP contribution >= 0.6 is 0 Å². The van der Waals surface area contributed by atoms with Crippen LogP contribution in [0, 0.1) is 13.8 Å². The van der Waals surface area contributed by atoms with Crippen LogP contribution in [0.2, 0.25) is 0 Å². The van der Waals surface area contributed by atoms with E-state index in [0.717, 1.165) is 31.6 Å². The minimum Gasteiger partial charge on any atom is -0.466 e. The zero-order valence-electron chi connectivity index (χ0n) is 15.1. The third-order valence-corrected chi connectivity index (χ3v) is 5.15. The van der Waals surface area contributed by atoms with Crippen molar-refractivity contribution in [3.05, 3.63) is 23.2 Å². The van der Waals surface area contributed by atoms with Gasteiger partial charge in [0, 0.05) is 32.8 Å². The van der Waals surface area contributed by atoms with E-state index in [1.807, 2.05) is 11.8 Å². The molecule has 2 amide bonds. The van der Waals surface area contributed by atoms with Crippen LogP contribution in [0.25, 0.3) is 0 Å². The molecular formula is C18H27N3O4. The van der Waals surface area contributed by atoms with Crippen LogP contribution in [0.3, 0.4) is 0 Å². The Balaban J connectivity index is 1.48. The molecule has 3 heterocycles. The summed E-state index contributed by atoms with van der Waals surface area (Å²) in [6, 6.07) is 1.71. The average molecular weight is 349 g/mol. The first-order valence-electron chi connectivity index (χ1n) is 8.90. The van der Waals surface area contributed by atoms with Crippen LogP contribution in [0.1, 0.15) is 41.1 Å². The number of amides is 2. The molecule has 3 rings (SSSR count). The SMILES string of the molecule is CO[C@@H]1CN[C@@H](C(=O)N2CCC(NC(=O)c3cc(C)oc3C)CC2)C1. The molecule has 2 N–H and O–H groups in total. The molecule has 138 valence electrons. The predicted octanol–water partition coefficient (Wildman–Crippen LogP) is 0.994. The number of furan rings is 1. The van der Waals surface area contributed by atoms with Gasteiger partial charge >= 0.3 is 0 Å². The fourth-order valence-electron chi connectivity index (χ4n) is 3.65. The summed E-state index contributed by atoms with van der Waals surface area (Å²) >= 11 is 0. The molecule has 0 unspecified atom stereocenters. The Labute approximate surface area is 148 Å². The number of carbonyl (C=O) groups excluding carboxylic acids is 2. The summed E-state index contributed by atoms with van der Waals surface area (Å²) in [6.07, 6.45) is 2.39. The third kappa shape index (κ3) is 4.04. The number of methoxy groups -OCH3 is 1. The Bertz CT molecular complexity index is 634. The molecule has 1 aromatic rings. The summed E-state index contributed by atoms with van der Waals surface area (Å²) in [5.74, 6) is 1.43. The van der Waals surface area contributed by atoms with E-state index in [1.54, 1.807) is 20.1 Å². The van der Waals surface area contributed by atoms with E-state index in [9.17, 15) is 9.59 Å². The molecule has 2 aliphatic rings. The third-order valence-electron chi connectivity index (χ3n) is 5.15. The number of likely N-dealkylation sites (tertiary alicyclic amines) is 1. The zero-order valence-corrected chi connectivity index (χ0v) is 15.1. The lowest BCUT2D eigenvalue weighted by Crippen LogP contribution is -2.50. The van der Waals surface area contributed by atoms with Gasteiger partial charge in [-0.2, -0.15) is 0 Å². The highest BCUT2D eigenvalue weighted by Gasteiger charge is 2.34. The summed E-state index contributed by atoms with van der Waals surface area (Å²) in [4.78, 5) is 26.8. The number of piperidine rings is 1. The molecule has 1 aromatic heterocycles. The second-order valence-electron chi connectivity index (χ2n) is 6.95. The van der Waals surface area contributed by atoms with Crippen LogP contribution in [0.4, 0.5) is 0 Å². The number of rotatable bonds is 4. The van der Waals surface area contributed by atoms with Gasteiger partial charge in [0.25, 0.3) is 5.91 Å². The molecule has 25 heavy (non-hydrogen) atoms. The summed E-state index contributed by atoms with van der Waals surface area (Å²) < 4.78 is 10.7. The average Bonchev–Trinajstić information content (AvgIpc) is 3.21. The van der Waals surface area contributed by atoms with Crippen molar-refractivity contribution in [3.63, 3.8) is 0 Å². The maximum atomic E-state index is 12.6. The van der Waals surface area contributed by atoms with Gasteiger partial charge in [0.05, 0.1) is 17.7 Å². The van der Waals surface area contributed by atoms with Gasteiger partial charge in [-0.15, -0.1) is 0 Å². The standard InChI is InChI=1S/C18H27N3O4/c1-11-8-15(12(2)25-11)17(22)20-13-4-6-21(7-5-13)18(23)16-9-14(24-3)10-19-16/h8,13-14,16,19H,4-7,9-10H2,1-3H3,(H,20,22)/t14-,16+/m0/s1. The molecule has 0 saturated carbocycles. The second-order valence-corrected chi connectivity index (χ2v) is 6.95. The van der Waals surface area contributed by atoms with Gasteiger partial charge in [-0.05, 0) is 39.2 Å². The fourth-order valence-corrected chi connectivity index (χ4v) is 3.65. The van der Waals surface area contributed by atoms with Crippen LogP contribution in [0.15, 0.2) is 10.5 Å². The maximum absolute atomic E-state index is 12.6. The molecule has 0 radical (unpaired) electrons. The Morgan fingerprint density at radius 3 is 2.60 bits per heavy atom. The van der Waals surface area contributed by atoms with Gasteiger partial charge in [-0.25, -0.2) is 0 Å². The Hall–Kier alpha value is -1.86. The van der Waals surface area contributed by atoms with E-state index in [2.05, 4.69) is 10.6 Å². The summed E-state index contributed by atoms with van der Waals surface area (Å²) in [6.45, 7) is 5.69. The number of ether oxygens (including phenoxy) is 1. The first-order chi connectivity index (χ1) is 12.0. The van der Waals surface area contributed by atoms with Crippen LogP contribution in [0.5, 0.6) is 0 Å². The fraction of sp³-hybridized carbons (Fsp3) is 0.667. The highest BCUT2D eigenvalue weighted by Crippen LogP contribution is 2.18. The smallest absolute Gasteiger partial charge is 0.255 e. The van der Waals surface area contributed by atoms with Crippen molar-refractivity contribution in [1.29, 1.82) is 0 Å². The lowest BCUT2D eigenvalue weighted by Gasteiger charge is -2.33. The number of aryl methyl sites for hydroxylation is 2. The monoisotopic (exact) mass is 349 g/mol. The molecule has 7 nitrogen and oxygen atoms in total. The first-order valence-corrected chi connectivity index (χ1v) is 8.90. The van der Waals surface area contributed by atoms with E-state index in [4.69, 9.17) is 9.15 Å². The minimum absolute atomic E-state index is 0.0921. The predicted molar refractivity (Wildman–Crippen MR) is 92.5 cm³/mol. The Kier molecular flexibility index (Phi) is 5.44. The molecular weight excluding hydrogens is 322 g/mol. The maximum Gasteiger partial charge on any atom is 0.255 e. The van der Waals surface area contributed by atoms with E-state index >= 15 is 0 Å². The van der Waals surface area contributed by atoms with Crippen molar-refractivity contribution in [2.75, 3.05) is 26.7 Å². The number of hydrogen-bond donors (Lipinski definition) is 2. The van der Waals surface area contributed by atoms with Crippen molar-refractivity contribution in [1.82, 2.24) is 15.5 Å². The van der Waals surface area contributed by atoms with Crippen molar-refractivity contribution >= 4 is 11.8 Å². The normalized spacial score (nSPS) is 24.5. The first kappa shape index (κ1) is 17.9. The van der Waals surface area contributed by atoms with Gasteiger partial charge in [-0.1, -0.05) is 0 Å². The molecule has 2 fully saturated rings. The zero-order chi connectivity index (χ0) is 18.0. The number of carbonyl (C=O) groups is 2. The lowest BCUT2D eigenvalue weighted by atomic mass is 10.0. The van der Waals surface area contributed by atoms with Crippen molar-refractivity contribution in [2.45, 2.75) is 51.3 Å². The summed E-state index contributed by atoms with van der Waals surface area (Å²) in [5, 5.41) is 6.29. The molecule has 2 aliphatic heterocycles. The topological polar surface area (TPSA) is 83.8 Å². The molecule has 0 aromatic carbocycles. The number of hydrogen-bond acceptors (Lipinski definition) is 5. The Morgan fingerprint density at radius 2 is 2.04 bits per heavy atom. The van der Waals surface area contributed by atoms with Gasteiger partial charge in [0.1, 0.15) is 11.5 Å².